The fourth-order valence-electron chi connectivity index (χ4n) is 2.75. The Morgan fingerprint density at radius 1 is 0.889 bits per heavy atom. The molecule has 4 rings (SSSR count). The third-order valence-corrected chi connectivity index (χ3v) is 4.03. The molecule has 7 heteroatoms. The first-order valence-corrected chi connectivity index (χ1v) is 8.53. The molecule has 2 amide bonds. The van der Waals surface area contributed by atoms with Gasteiger partial charge in [0.1, 0.15) is 12.2 Å². The maximum absolute atomic E-state index is 12.5. The van der Waals surface area contributed by atoms with Crippen molar-refractivity contribution in [2.24, 2.45) is 0 Å². The predicted octanol–water partition coefficient (Wildman–Crippen LogP) is 3.63. The number of urea groups is 1. The van der Waals surface area contributed by atoms with E-state index in [-0.39, 0.29) is 6.03 Å². The summed E-state index contributed by atoms with van der Waals surface area (Å²) in [6.45, 7) is 0.312. The van der Waals surface area contributed by atoms with Crippen molar-refractivity contribution in [2.45, 2.75) is 6.67 Å². The zero-order valence-electron chi connectivity index (χ0n) is 14.5. The largest absolute Gasteiger partial charge is 0.338 e. The minimum absolute atomic E-state index is 0.312. The Hall–Kier alpha value is -3.87. The highest BCUT2D eigenvalue weighted by molar-refractivity contribution is 5.90. The van der Waals surface area contributed by atoms with Crippen molar-refractivity contribution in [3.05, 3.63) is 84.9 Å². The summed E-state index contributed by atoms with van der Waals surface area (Å²) >= 11 is 0. The van der Waals surface area contributed by atoms with Gasteiger partial charge < -0.3 is 5.32 Å². The van der Waals surface area contributed by atoms with Crippen LogP contribution in [0.5, 0.6) is 0 Å². The molecule has 2 N–H and O–H groups in total. The molecule has 27 heavy (non-hydrogen) atoms. The molecule has 4 aromatic rings. The van der Waals surface area contributed by atoms with Crippen molar-refractivity contribution in [2.75, 3.05) is 10.3 Å². The van der Waals surface area contributed by atoms with Gasteiger partial charge in [-0.15, -0.1) is 5.10 Å². The zero-order chi connectivity index (χ0) is 18.5. The lowest BCUT2D eigenvalue weighted by Gasteiger charge is -2.25. The fourth-order valence-corrected chi connectivity index (χ4v) is 2.75. The standard InChI is InChI=1S/C20H18N6O/c27-20(21-16-9-3-1-4-10-16)23-25(17-11-5-2-6-12-17)15-26-19-14-8-7-13-18(19)22-24-26/h1-14H,15H2,(H2,21,23,27). The van der Waals surface area contributed by atoms with Gasteiger partial charge in [0, 0.05) is 5.69 Å². The summed E-state index contributed by atoms with van der Waals surface area (Å²) in [6.07, 6.45) is 0. The lowest BCUT2D eigenvalue weighted by molar-refractivity contribution is 0.250. The number of carbonyl (C=O) groups is 1. The second-order valence-electron chi connectivity index (χ2n) is 5.91. The highest BCUT2D eigenvalue weighted by Gasteiger charge is 2.13. The molecule has 7 nitrogen and oxygen atoms in total. The first kappa shape index (κ1) is 16.6. The Kier molecular flexibility index (Phi) is 4.65. The van der Waals surface area contributed by atoms with Crippen LogP contribution in [0.3, 0.4) is 0 Å². The van der Waals surface area contributed by atoms with Crippen LogP contribution in [-0.4, -0.2) is 21.0 Å². The molecule has 0 unspecified atom stereocenters. The van der Waals surface area contributed by atoms with Crippen LogP contribution in [0.1, 0.15) is 0 Å². The summed E-state index contributed by atoms with van der Waals surface area (Å²) < 4.78 is 1.74. The molecule has 0 spiro atoms. The molecule has 0 saturated heterocycles. The Morgan fingerprint density at radius 2 is 1.56 bits per heavy atom. The number of benzene rings is 3. The van der Waals surface area contributed by atoms with E-state index in [9.17, 15) is 4.79 Å². The first-order chi connectivity index (χ1) is 13.3. The number of hydrazine groups is 1. The van der Waals surface area contributed by atoms with E-state index < -0.39 is 0 Å². The van der Waals surface area contributed by atoms with Crippen molar-refractivity contribution in [1.82, 2.24) is 20.4 Å². The minimum Gasteiger partial charge on any atom is -0.307 e. The Morgan fingerprint density at radius 3 is 2.33 bits per heavy atom. The number of hydrogen-bond acceptors (Lipinski definition) is 4. The highest BCUT2D eigenvalue weighted by Crippen LogP contribution is 2.15. The van der Waals surface area contributed by atoms with Gasteiger partial charge in [-0.3, -0.25) is 5.01 Å². The molecule has 1 aromatic heterocycles. The van der Waals surface area contributed by atoms with Gasteiger partial charge >= 0.3 is 6.03 Å². The van der Waals surface area contributed by atoms with E-state index in [1.165, 1.54) is 0 Å². The van der Waals surface area contributed by atoms with Crippen molar-refractivity contribution >= 4 is 28.4 Å². The number of para-hydroxylation sites is 3. The number of nitrogens with zero attached hydrogens (tertiary/aromatic N) is 4. The summed E-state index contributed by atoms with van der Waals surface area (Å²) in [5.74, 6) is 0. The summed E-state index contributed by atoms with van der Waals surface area (Å²) in [5.41, 5.74) is 6.13. The topological polar surface area (TPSA) is 75.1 Å². The van der Waals surface area contributed by atoms with Crippen LogP contribution in [-0.2, 0) is 6.67 Å². The Balaban J connectivity index is 1.57. The van der Waals surface area contributed by atoms with Gasteiger partial charge in [0.2, 0.25) is 0 Å². The second-order valence-corrected chi connectivity index (χ2v) is 5.91. The molecule has 0 atom stereocenters. The third-order valence-electron chi connectivity index (χ3n) is 4.03. The van der Waals surface area contributed by atoms with E-state index in [0.717, 1.165) is 16.7 Å². The van der Waals surface area contributed by atoms with Crippen LogP contribution in [0.15, 0.2) is 84.9 Å². The lowest BCUT2D eigenvalue weighted by atomic mass is 10.3. The fraction of sp³-hybridized carbons (Fsp3) is 0.0500. The average molecular weight is 358 g/mol. The van der Waals surface area contributed by atoms with Gasteiger partial charge in [-0.05, 0) is 36.4 Å². The predicted molar refractivity (Wildman–Crippen MR) is 105 cm³/mol. The van der Waals surface area contributed by atoms with Gasteiger partial charge in [0.25, 0.3) is 0 Å². The van der Waals surface area contributed by atoms with Gasteiger partial charge in [0.05, 0.1) is 11.2 Å². The van der Waals surface area contributed by atoms with Gasteiger partial charge in [0.15, 0.2) is 0 Å². The number of carbonyl (C=O) groups excluding carboxylic acids is 1. The molecular formula is C20H18N6O. The Labute approximate surface area is 156 Å². The monoisotopic (exact) mass is 358 g/mol. The maximum atomic E-state index is 12.5. The average Bonchev–Trinajstić information content (AvgIpc) is 3.12. The number of hydrogen-bond donors (Lipinski definition) is 2. The van der Waals surface area contributed by atoms with Crippen molar-refractivity contribution < 1.29 is 4.79 Å². The third kappa shape index (κ3) is 3.87. The van der Waals surface area contributed by atoms with E-state index >= 15 is 0 Å². The first-order valence-electron chi connectivity index (χ1n) is 8.53. The number of fused-ring (bicyclic) bond motifs is 1. The molecule has 0 aliphatic heterocycles. The zero-order valence-corrected chi connectivity index (χ0v) is 14.5. The van der Waals surface area contributed by atoms with Crippen LogP contribution in [0.25, 0.3) is 11.0 Å². The van der Waals surface area contributed by atoms with E-state index in [1.54, 1.807) is 9.69 Å². The van der Waals surface area contributed by atoms with Crippen molar-refractivity contribution in [3.8, 4) is 0 Å². The number of nitrogens with one attached hydrogen (secondary N) is 2. The van der Waals surface area contributed by atoms with E-state index in [1.807, 2.05) is 84.9 Å². The van der Waals surface area contributed by atoms with Gasteiger partial charge in [-0.1, -0.05) is 53.7 Å². The van der Waals surface area contributed by atoms with Crippen molar-refractivity contribution in [3.63, 3.8) is 0 Å². The molecule has 0 aliphatic rings. The van der Waals surface area contributed by atoms with Crippen LogP contribution >= 0.6 is 0 Å². The van der Waals surface area contributed by atoms with Gasteiger partial charge in [-0.2, -0.15) is 0 Å². The molecule has 0 radical (unpaired) electrons. The maximum Gasteiger partial charge on any atom is 0.338 e. The number of aromatic nitrogens is 3. The molecule has 0 aliphatic carbocycles. The van der Waals surface area contributed by atoms with Crippen LogP contribution in [0.2, 0.25) is 0 Å². The van der Waals surface area contributed by atoms with Crippen LogP contribution < -0.4 is 15.8 Å². The lowest BCUT2D eigenvalue weighted by Crippen LogP contribution is -2.45. The molecule has 1 heterocycles. The van der Waals surface area contributed by atoms with Crippen LogP contribution in [0, 0.1) is 0 Å². The van der Waals surface area contributed by atoms with Crippen LogP contribution in [0.4, 0.5) is 16.2 Å². The Bertz CT molecular complexity index is 1030. The SMILES string of the molecule is O=C(Nc1ccccc1)NN(Cn1nnc2ccccc21)c1ccccc1. The number of anilines is 2. The molecule has 134 valence electrons. The van der Waals surface area contributed by atoms with E-state index in [4.69, 9.17) is 0 Å². The molecule has 0 saturated carbocycles. The molecule has 0 fully saturated rings. The highest BCUT2D eigenvalue weighted by atomic mass is 16.2. The number of amides is 2. The quantitative estimate of drug-likeness (QED) is 0.534. The van der Waals surface area contributed by atoms with Gasteiger partial charge in [-0.25, -0.2) is 14.9 Å². The van der Waals surface area contributed by atoms with Crippen molar-refractivity contribution in [1.29, 1.82) is 0 Å². The smallest absolute Gasteiger partial charge is 0.307 e. The molecule has 3 aromatic carbocycles. The summed E-state index contributed by atoms with van der Waals surface area (Å²) in [7, 11) is 0. The minimum atomic E-state index is -0.338. The number of rotatable bonds is 5. The molecular weight excluding hydrogens is 340 g/mol. The molecule has 0 bridgehead atoms. The summed E-state index contributed by atoms with van der Waals surface area (Å²) in [4.78, 5) is 12.5. The van der Waals surface area contributed by atoms with E-state index in [0.29, 0.717) is 12.4 Å². The normalized spacial score (nSPS) is 10.5. The van der Waals surface area contributed by atoms with E-state index in [2.05, 4.69) is 21.1 Å². The summed E-state index contributed by atoms with van der Waals surface area (Å²) in [6, 6.07) is 26.3. The summed E-state index contributed by atoms with van der Waals surface area (Å²) in [5, 5.41) is 12.9. The second kappa shape index (κ2) is 7.57.